The summed E-state index contributed by atoms with van der Waals surface area (Å²) in [5.41, 5.74) is 7.00. The number of rotatable bonds is 1. The second-order valence-corrected chi connectivity index (χ2v) is 2.86. The number of hydrogen-bond acceptors (Lipinski definition) is 3. The molecule has 0 unspecified atom stereocenters. The fraction of sp³-hybridized carbons (Fsp3) is 0.100. The molecule has 2 rings (SSSR count). The fourth-order valence-corrected chi connectivity index (χ4v) is 1.21. The van der Waals surface area contributed by atoms with Gasteiger partial charge in [-0.05, 0) is 24.3 Å². The van der Waals surface area contributed by atoms with Crippen LogP contribution in [0.25, 0.3) is 11.0 Å². The average molecular weight is 186 g/mol. The average Bonchev–Trinajstić information content (AvgIpc) is 2.27. The number of pyridine rings is 2. The number of aliphatic imine (C=N–C) groups is 1. The Bertz CT molecular complexity index is 490. The number of aromatic nitrogens is 2. The second kappa shape index (κ2) is 3.41. The van der Waals surface area contributed by atoms with Crippen LogP contribution in [0.1, 0.15) is 5.69 Å². The zero-order valence-electron chi connectivity index (χ0n) is 7.81. The SMILES string of the molecule is CN=C(N)c1ccc2cccnc2n1. The highest BCUT2D eigenvalue weighted by Crippen LogP contribution is 2.08. The van der Waals surface area contributed by atoms with Gasteiger partial charge in [0.15, 0.2) is 5.65 Å². The molecule has 0 amide bonds. The van der Waals surface area contributed by atoms with Gasteiger partial charge < -0.3 is 5.73 Å². The molecule has 0 radical (unpaired) electrons. The summed E-state index contributed by atoms with van der Waals surface area (Å²) in [4.78, 5) is 12.3. The van der Waals surface area contributed by atoms with Gasteiger partial charge in [-0.1, -0.05) is 0 Å². The lowest BCUT2D eigenvalue weighted by atomic mass is 10.2. The second-order valence-electron chi connectivity index (χ2n) is 2.86. The number of nitrogens with zero attached hydrogens (tertiary/aromatic N) is 3. The van der Waals surface area contributed by atoms with Crippen molar-refractivity contribution in [3.05, 3.63) is 36.2 Å². The first-order chi connectivity index (χ1) is 6.81. The van der Waals surface area contributed by atoms with Crippen molar-refractivity contribution in [3.63, 3.8) is 0 Å². The van der Waals surface area contributed by atoms with Crippen LogP contribution in [0.4, 0.5) is 0 Å². The van der Waals surface area contributed by atoms with Gasteiger partial charge in [-0.3, -0.25) is 4.99 Å². The topological polar surface area (TPSA) is 64.2 Å². The lowest BCUT2D eigenvalue weighted by Gasteiger charge is -2.00. The zero-order valence-corrected chi connectivity index (χ0v) is 7.81. The molecule has 0 saturated heterocycles. The summed E-state index contributed by atoms with van der Waals surface area (Å²) in [5, 5.41) is 1.00. The Morgan fingerprint density at radius 2 is 2.21 bits per heavy atom. The Morgan fingerprint density at radius 1 is 1.36 bits per heavy atom. The van der Waals surface area contributed by atoms with Crippen LogP contribution in [0.15, 0.2) is 35.5 Å². The molecule has 0 saturated carbocycles. The molecule has 2 heterocycles. The molecule has 0 aliphatic rings. The van der Waals surface area contributed by atoms with Gasteiger partial charge in [-0.2, -0.15) is 0 Å². The molecule has 2 aromatic heterocycles. The van der Waals surface area contributed by atoms with Crippen molar-refractivity contribution < 1.29 is 0 Å². The summed E-state index contributed by atoms with van der Waals surface area (Å²) in [7, 11) is 1.64. The van der Waals surface area contributed by atoms with Crippen molar-refractivity contribution >= 4 is 16.9 Å². The Hall–Kier alpha value is -1.97. The van der Waals surface area contributed by atoms with Crippen molar-refractivity contribution in [3.8, 4) is 0 Å². The summed E-state index contributed by atoms with van der Waals surface area (Å²) in [6.45, 7) is 0. The van der Waals surface area contributed by atoms with Crippen molar-refractivity contribution in [1.82, 2.24) is 9.97 Å². The van der Waals surface area contributed by atoms with Gasteiger partial charge in [0.2, 0.25) is 0 Å². The standard InChI is InChI=1S/C10H10N4/c1-12-9(11)8-5-4-7-3-2-6-13-10(7)14-8/h2-6H,1H3,(H2,11,12). The van der Waals surface area contributed by atoms with Crippen LogP contribution < -0.4 is 5.73 Å². The maximum absolute atomic E-state index is 5.65. The minimum absolute atomic E-state index is 0.428. The van der Waals surface area contributed by atoms with Crippen LogP contribution in [0.2, 0.25) is 0 Å². The first kappa shape index (κ1) is 8.62. The third-order valence-electron chi connectivity index (χ3n) is 1.97. The highest BCUT2D eigenvalue weighted by molar-refractivity contribution is 5.97. The molecule has 70 valence electrons. The van der Waals surface area contributed by atoms with E-state index in [4.69, 9.17) is 5.73 Å². The van der Waals surface area contributed by atoms with Crippen LogP contribution in [-0.2, 0) is 0 Å². The lowest BCUT2D eigenvalue weighted by Crippen LogP contribution is -2.14. The van der Waals surface area contributed by atoms with Gasteiger partial charge >= 0.3 is 0 Å². The van der Waals surface area contributed by atoms with Crippen LogP contribution in [0, 0.1) is 0 Å². The number of fused-ring (bicyclic) bond motifs is 1. The molecular formula is C10H10N4. The zero-order chi connectivity index (χ0) is 9.97. The van der Waals surface area contributed by atoms with Gasteiger partial charge in [0.1, 0.15) is 11.5 Å². The predicted molar refractivity (Wildman–Crippen MR) is 56.2 cm³/mol. The van der Waals surface area contributed by atoms with Crippen molar-refractivity contribution in [1.29, 1.82) is 0 Å². The molecule has 2 aromatic rings. The van der Waals surface area contributed by atoms with E-state index in [9.17, 15) is 0 Å². The van der Waals surface area contributed by atoms with Gasteiger partial charge in [0.25, 0.3) is 0 Å². The molecule has 0 aliphatic carbocycles. The minimum Gasteiger partial charge on any atom is -0.382 e. The summed E-state index contributed by atoms with van der Waals surface area (Å²) in [5.74, 6) is 0.428. The highest BCUT2D eigenvalue weighted by atomic mass is 14.9. The van der Waals surface area contributed by atoms with Crippen molar-refractivity contribution in [2.24, 2.45) is 10.7 Å². The largest absolute Gasteiger partial charge is 0.382 e. The first-order valence-corrected chi connectivity index (χ1v) is 4.25. The van der Waals surface area contributed by atoms with E-state index >= 15 is 0 Å². The molecule has 4 nitrogen and oxygen atoms in total. The Labute approximate surface area is 81.5 Å². The minimum atomic E-state index is 0.428. The van der Waals surface area contributed by atoms with Crippen molar-refractivity contribution in [2.45, 2.75) is 0 Å². The van der Waals surface area contributed by atoms with Crippen LogP contribution in [0.5, 0.6) is 0 Å². The number of amidine groups is 1. The molecular weight excluding hydrogens is 176 g/mol. The third-order valence-corrected chi connectivity index (χ3v) is 1.97. The molecule has 0 fully saturated rings. The molecule has 0 aromatic carbocycles. The monoisotopic (exact) mass is 186 g/mol. The van der Waals surface area contributed by atoms with E-state index < -0.39 is 0 Å². The van der Waals surface area contributed by atoms with Crippen molar-refractivity contribution in [2.75, 3.05) is 7.05 Å². The van der Waals surface area contributed by atoms with E-state index in [1.54, 1.807) is 13.2 Å². The Kier molecular flexibility index (Phi) is 2.10. The van der Waals surface area contributed by atoms with E-state index in [0.29, 0.717) is 17.2 Å². The summed E-state index contributed by atoms with van der Waals surface area (Å²) < 4.78 is 0. The smallest absolute Gasteiger partial charge is 0.159 e. The summed E-state index contributed by atoms with van der Waals surface area (Å²) >= 11 is 0. The Morgan fingerprint density at radius 3 is 3.00 bits per heavy atom. The van der Waals surface area contributed by atoms with Gasteiger partial charge in [0, 0.05) is 18.6 Å². The van der Waals surface area contributed by atoms with E-state index in [1.165, 1.54) is 0 Å². The number of nitrogens with two attached hydrogens (primary N) is 1. The van der Waals surface area contributed by atoms with E-state index in [-0.39, 0.29) is 0 Å². The van der Waals surface area contributed by atoms with Gasteiger partial charge in [-0.15, -0.1) is 0 Å². The molecule has 0 aliphatic heterocycles. The van der Waals surface area contributed by atoms with Crippen LogP contribution >= 0.6 is 0 Å². The molecule has 0 bridgehead atoms. The quantitative estimate of drug-likeness (QED) is 0.533. The van der Waals surface area contributed by atoms with E-state index in [1.807, 2.05) is 24.3 Å². The first-order valence-electron chi connectivity index (χ1n) is 4.25. The molecule has 14 heavy (non-hydrogen) atoms. The summed E-state index contributed by atoms with van der Waals surface area (Å²) in [6.07, 6.45) is 1.71. The van der Waals surface area contributed by atoms with Gasteiger partial charge in [0.05, 0.1) is 0 Å². The molecule has 0 atom stereocenters. The highest BCUT2D eigenvalue weighted by Gasteiger charge is 2.01. The van der Waals surface area contributed by atoms with Gasteiger partial charge in [-0.25, -0.2) is 9.97 Å². The maximum atomic E-state index is 5.65. The lowest BCUT2D eigenvalue weighted by molar-refractivity contribution is 1.25. The van der Waals surface area contributed by atoms with E-state index in [0.717, 1.165) is 5.39 Å². The normalized spacial score (nSPS) is 11.9. The molecule has 4 heteroatoms. The third kappa shape index (κ3) is 1.42. The maximum Gasteiger partial charge on any atom is 0.159 e. The van der Waals surface area contributed by atoms with E-state index in [2.05, 4.69) is 15.0 Å². The molecule has 2 N–H and O–H groups in total. The predicted octanol–water partition coefficient (Wildman–Crippen LogP) is 0.965. The van der Waals surface area contributed by atoms with Crippen LogP contribution in [0.3, 0.4) is 0 Å². The Balaban J connectivity index is 2.62. The summed E-state index contributed by atoms with van der Waals surface area (Å²) in [6, 6.07) is 7.61. The van der Waals surface area contributed by atoms with Crippen LogP contribution in [-0.4, -0.2) is 22.9 Å². The molecule has 0 spiro atoms. The fourth-order valence-electron chi connectivity index (χ4n) is 1.21. The number of hydrogen-bond donors (Lipinski definition) is 1.